The van der Waals surface area contributed by atoms with Crippen LogP contribution in [0.4, 0.5) is 5.69 Å². The number of amides is 1. The van der Waals surface area contributed by atoms with E-state index >= 15 is 0 Å². The van der Waals surface area contributed by atoms with E-state index in [0.717, 1.165) is 11.3 Å². The summed E-state index contributed by atoms with van der Waals surface area (Å²) in [5.41, 5.74) is 2.92. The molecular formula is C16H22BrNO. The average Bonchev–Trinajstić information content (AvgIpc) is 2.59. The number of benzene rings is 1. The third-order valence-electron chi connectivity index (χ3n) is 4.09. The van der Waals surface area contributed by atoms with Crippen molar-refractivity contribution in [2.24, 2.45) is 5.92 Å². The van der Waals surface area contributed by atoms with E-state index in [1.54, 1.807) is 0 Å². The van der Waals surface area contributed by atoms with Crippen molar-refractivity contribution in [3.8, 4) is 0 Å². The molecule has 2 unspecified atom stereocenters. The zero-order valence-electron chi connectivity index (χ0n) is 12.1. The van der Waals surface area contributed by atoms with Crippen molar-refractivity contribution in [2.45, 2.75) is 50.8 Å². The van der Waals surface area contributed by atoms with E-state index in [1.807, 2.05) is 19.9 Å². The first-order valence-electron chi connectivity index (χ1n) is 6.98. The third-order valence-corrected chi connectivity index (χ3v) is 5.53. The van der Waals surface area contributed by atoms with Gasteiger partial charge in [-0.15, -0.1) is 0 Å². The maximum atomic E-state index is 11.9. The molecule has 0 saturated heterocycles. The molecule has 2 rings (SSSR count). The number of hydrogen-bond donors (Lipinski definition) is 1. The zero-order chi connectivity index (χ0) is 14.2. The van der Waals surface area contributed by atoms with Gasteiger partial charge < -0.3 is 5.32 Å². The fourth-order valence-corrected chi connectivity index (χ4v) is 3.24. The van der Waals surface area contributed by atoms with E-state index < -0.39 is 5.41 Å². The van der Waals surface area contributed by atoms with Gasteiger partial charge in [-0.05, 0) is 43.4 Å². The van der Waals surface area contributed by atoms with E-state index in [0.29, 0.717) is 10.7 Å². The van der Waals surface area contributed by atoms with Crippen molar-refractivity contribution in [1.82, 2.24) is 0 Å². The Morgan fingerprint density at radius 2 is 2.05 bits per heavy atom. The van der Waals surface area contributed by atoms with Crippen molar-refractivity contribution in [3.05, 3.63) is 29.3 Å². The minimum absolute atomic E-state index is 0.0902. The molecule has 0 spiro atoms. The van der Waals surface area contributed by atoms with Gasteiger partial charge in [0.2, 0.25) is 5.91 Å². The highest BCUT2D eigenvalue weighted by atomic mass is 79.9. The summed E-state index contributed by atoms with van der Waals surface area (Å²) in [6.45, 7) is 8.45. The molecule has 1 amide bonds. The standard InChI is InChI=1S/C16H22BrNO/c1-5-6-10(2)14(17)11-7-8-13-12(9-11)16(3,4)15(19)18-13/h7-10,14H,5-6H2,1-4H3,(H,18,19). The monoisotopic (exact) mass is 323 g/mol. The normalized spacial score (nSPS) is 19.7. The molecule has 3 heteroatoms. The first-order valence-corrected chi connectivity index (χ1v) is 7.89. The zero-order valence-corrected chi connectivity index (χ0v) is 13.7. The number of carbonyl (C=O) groups excluding carboxylic acids is 1. The lowest BCUT2D eigenvalue weighted by atomic mass is 9.84. The Kier molecular flexibility index (Phi) is 4.05. The molecule has 1 aromatic rings. The summed E-state index contributed by atoms with van der Waals surface area (Å²) in [5, 5.41) is 2.95. The maximum absolute atomic E-state index is 11.9. The number of anilines is 1. The van der Waals surface area contributed by atoms with E-state index in [2.05, 4.69) is 47.2 Å². The van der Waals surface area contributed by atoms with Crippen LogP contribution < -0.4 is 5.32 Å². The molecule has 1 aliphatic heterocycles. The molecule has 0 bridgehead atoms. The molecule has 0 aliphatic carbocycles. The van der Waals surface area contributed by atoms with Crippen molar-refractivity contribution in [2.75, 3.05) is 5.32 Å². The maximum Gasteiger partial charge on any atom is 0.234 e. The van der Waals surface area contributed by atoms with Crippen LogP contribution in [0.5, 0.6) is 0 Å². The largest absolute Gasteiger partial charge is 0.325 e. The van der Waals surface area contributed by atoms with Crippen LogP contribution in [0.25, 0.3) is 0 Å². The molecule has 2 nitrogen and oxygen atoms in total. The second kappa shape index (κ2) is 5.28. The fraction of sp³-hybridized carbons (Fsp3) is 0.562. The highest BCUT2D eigenvalue weighted by molar-refractivity contribution is 9.09. The van der Waals surface area contributed by atoms with Gasteiger partial charge in [-0.2, -0.15) is 0 Å². The van der Waals surface area contributed by atoms with Crippen LogP contribution in [-0.4, -0.2) is 5.91 Å². The van der Waals surface area contributed by atoms with Crippen LogP contribution >= 0.6 is 15.9 Å². The Morgan fingerprint density at radius 3 is 2.68 bits per heavy atom. The Hall–Kier alpha value is -0.830. The number of nitrogens with one attached hydrogen (secondary N) is 1. The van der Waals surface area contributed by atoms with Crippen LogP contribution in [0.2, 0.25) is 0 Å². The van der Waals surface area contributed by atoms with Gasteiger partial charge in [-0.1, -0.05) is 48.3 Å². The Labute approximate surface area is 124 Å². The number of fused-ring (bicyclic) bond motifs is 1. The van der Waals surface area contributed by atoms with Gasteiger partial charge in [-0.3, -0.25) is 4.79 Å². The second-order valence-electron chi connectivity index (χ2n) is 6.05. The lowest BCUT2D eigenvalue weighted by molar-refractivity contribution is -0.119. The van der Waals surface area contributed by atoms with Crippen LogP contribution in [-0.2, 0) is 10.2 Å². The van der Waals surface area contributed by atoms with E-state index in [1.165, 1.54) is 18.4 Å². The summed E-state index contributed by atoms with van der Waals surface area (Å²) >= 11 is 3.81. The summed E-state index contributed by atoms with van der Waals surface area (Å²) in [6, 6.07) is 6.33. The molecule has 0 saturated carbocycles. The van der Waals surface area contributed by atoms with Crippen molar-refractivity contribution in [3.63, 3.8) is 0 Å². The van der Waals surface area contributed by atoms with Gasteiger partial charge in [0.25, 0.3) is 0 Å². The Bertz CT molecular complexity index is 496. The topological polar surface area (TPSA) is 29.1 Å². The predicted molar refractivity (Wildman–Crippen MR) is 83.8 cm³/mol. The number of rotatable bonds is 4. The average molecular weight is 324 g/mol. The number of carbonyl (C=O) groups is 1. The van der Waals surface area contributed by atoms with Crippen molar-refractivity contribution >= 4 is 27.5 Å². The number of halogens is 1. The van der Waals surface area contributed by atoms with Crippen LogP contribution in [0.15, 0.2) is 18.2 Å². The minimum Gasteiger partial charge on any atom is -0.325 e. The highest BCUT2D eigenvalue weighted by Gasteiger charge is 2.38. The molecule has 1 N–H and O–H groups in total. The van der Waals surface area contributed by atoms with E-state index in [9.17, 15) is 4.79 Å². The SMILES string of the molecule is CCCC(C)C(Br)c1ccc2c(c1)C(C)(C)C(=O)N2. The van der Waals surface area contributed by atoms with Gasteiger partial charge in [0.05, 0.1) is 5.41 Å². The highest BCUT2D eigenvalue weighted by Crippen LogP contribution is 2.41. The van der Waals surface area contributed by atoms with Crippen molar-refractivity contribution in [1.29, 1.82) is 0 Å². The lowest BCUT2D eigenvalue weighted by Crippen LogP contribution is -2.26. The first kappa shape index (κ1) is 14.6. The molecular weight excluding hydrogens is 302 g/mol. The minimum atomic E-state index is -0.425. The lowest BCUT2D eigenvalue weighted by Gasteiger charge is -2.21. The summed E-state index contributed by atoms with van der Waals surface area (Å²) in [6.07, 6.45) is 2.40. The molecule has 0 fully saturated rings. The van der Waals surface area contributed by atoms with Gasteiger partial charge >= 0.3 is 0 Å². The van der Waals surface area contributed by atoms with E-state index in [-0.39, 0.29) is 5.91 Å². The quantitative estimate of drug-likeness (QED) is 0.793. The number of alkyl halides is 1. The van der Waals surface area contributed by atoms with Crippen LogP contribution in [0.3, 0.4) is 0 Å². The predicted octanol–water partition coefficient (Wildman–Crippen LogP) is 4.79. The second-order valence-corrected chi connectivity index (χ2v) is 7.04. The molecule has 0 radical (unpaired) electrons. The molecule has 2 atom stereocenters. The van der Waals surface area contributed by atoms with Crippen LogP contribution in [0.1, 0.15) is 56.5 Å². The molecule has 1 aromatic carbocycles. The number of hydrogen-bond acceptors (Lipinski definition) is 1. The smallest absolute Gasteiger partial charge is 0.234 e. The van der Waals surface area contributed by atoms with Gasteiger partial charge in [-0.25, -0.2) is 0 Å². The third kappa shape index (κ3) is 2.58. The Morgan fingerprint density at radius 1 is 1.37 bits per heavy atom. The summed E-state index contributed by atoms with van der Waals surface area (Å²) in [5.74, 6) is 0.684. The molecule has 19 heavy (non-hydrogen) atoms. The summed E-state index contributed by atoms with van der Waals surface area (Å²) < 4.78 is 0. The van der Waals surface area contributed by atoms with Crippen LogP contribution in [0, 0.1) is 5.92 Å². The molecule has 0 aromatic heterocycles. The first-order chi connectivity index (χ1) is 8.87. The van der Waals surface area contributed by atoms with Gasteiger partial charge in [0, 0.05) is 10.5 Å². The molecule has 1 heterocycles. The van der Waals surface area contributed by atoms with Gasteiger partial charge in [0.1, 0.15) is 0 Å². The summed E-state index contributed by atoms with van der Waals surface area (Å²) in [4.78, 5) is 12.3. The van der Waals surface area contributed by atoms with Gasteiger partial charge in [0.15, 0.2) is 0 Å². The van der Waals surface area contributed by atoms with E-state index in [4.69, 9.17) is 0 Å². The Balaban J connectivity index is 2.32. The van der Waals surface area contributed by atoms with Crippen molar-refractivity contribution < 1.29 is 4.79 Å². The fourth-order valence-electron chi connectivity index (χ4n) is 2.69. The molecule has 1 aliphatic rings. The molecule has 104 valence electrons. The summed E-state index contributed by atoms with van der Waals surface area (Å²) in [7, 11) is 0.